The molecular weight excluding hydrogens is 560 g/mol. The number of fused-ring (bicyclic) bond motifs is 2. The average molecular weight is 578 g/mol. The van der Waals surface area contributed by atoms with Gasteiger partial charge in [-0.1, -0.05) is 70.0 Å². The first kappa shape index (κ1) is 24.6. The van der Waals surface area contributed by atoms with Crippen LogP contribution >= 0.6 is 27.5 Å². The van der Waals surface area contributed by atoms with E-state index in [4.69, 9.17) is 16.3 Å². The first-order valence-corrected chi connectivity index (χ1v) is 12.3. The third kappa shape index (κ3) is 4.96. The van der Waals surface area contributed by atoms with Crippen molar-refractivity contribution in [3.8, 4) is 5.75 Å². The van der Waals surface area contributed by atoms with Gasteiger partial charge in [0.1, 0.15) is 12.4 Å². The van der Waals surface area contributed by atoms with Crippen LogP contribution in [0, 0.1) is 17.0 Å². The predicted octanol–water partition coefficient (Wildman–Crippen LogP) is 6.64. The van der Waals surface area contributed by atoms with Crippen molar-refractivity contribution in [3.63, 3.8) is 0 Å². The number of aryl methyl sites for hydroxylation is 1. The van der Waals surface area contributed by atoms with Gasteiger partial charge in [0.2, 0.25) is 5.75 Å². The molecule has 0 aliphatic heterocycles. The lowest BCUT2D eigenvalue weighted by atomic mass is 10.1. The molecule has 0 amide bonds. The molecule has 0 aliphatic rings. The molecule has 0 aliphatic carbocycles. The maximum atomic E-state index is 13.0. The van der Waals surface area contributed by atoms with Gasteiger partial charge in [-0.15, -0.1) is 0 Å². The average Bonchev–Trinajstić information content (AvgIpc) is 2.88. The quantitative estimate of drug-likeness (QED) is 0.128. The number of nitro groups is 1. The van der Waals surface area contributed by atoms with Gasteiger partial charge in [0.25, 0.3) is 5.56 Å². The van der Waals surface area contributed by atoms with Crippen LogP contribution in [0.1, 0.15) is 17.0 Å². The van der Waals surface area contributed by atoms with Crippen molar-refractivity contribution in [1.82, 2.24) is 9.66 Å². The van der Waals surface area contributed by atoms with E-state index in [2.05, 4.69) is 26.0 Å². The highest BCUT2D eigenvalue weighted by molar-refractivity contribution is 9.10. The van der Waals surface area contributed by atoms with Crippen molar-refractivity contribution >= 4 is 61.1 Å². The maximum absolute atomic E-state index is 13.0. The number of hydrogen-bond acceptors (Lipinski definition) is 6. The minimum atomic E-state index is -0.561. The summed E-state index contributed by atoms with van der Waals surface area (Å²) in [5.41, 5.74) is 1.08. The van der Waals surface area contributed by atoms with Crippen molar-refractivity contribution in [1.29, 1.82) is 0 Å². The van der Waals surface area contributed by atoms with Gasteiger partial charge in [-0.2, -0.15) is 9.78 Å². The Balaban J connectivity index is 1.48. The lowest BCUT2D eigenvalue weighted by Crippen LogP contribution is -2.20. The Morgan fingerprint density at radius 2 is 1.89 bits per heavy atom. The Kier molecular flexibility index (Phi) is 6.73. The second-order valence-corrected chi connectivity index (χ2v) is 9.54. The maximum Gasteiger partial charge on any atom is 0.313 e. The van der Waals surface area contributed by atoms with E-state index in [1.165, 1.54) is 18.3 Å². The minimum Gasteiger partial charge on any atom is -0.481 e. The smallest absolute Gasteiger partial charge is 0.313 e. The second-order valence-electron chi connectivity index (χ2n) is 8.22. The summed E-state index contributed by atoms with van der Waals surface area (Å²) in [5.74, 6) is 0.328. The van der Waals surface area contributed by atoms with Crippen LogP contribution in [0.3, 0.4) is 0 Å². The zero-order valence-electron chi connectivity index (χ0n) is 19.4. The van der Waals surface area contributed by atoms with Crippen LogP contribution in [0.5, 0.6) is 5.75 Å². The number of aromatic nitrogens is 2. The zero-order valence-corrected chi connectivity index (χ0v) is 21.7. The van der Waals surface area contributed by atoms with Crippen LogP contribution in [0.4, 0.5) is 5.69 Å². The molecule has 5 aromatic rings. The topological polar surface area (TPSA) is 99.6 Å². The molecule has 5 rings (SSSR count). The van der Waals surface area contributed by atoms with E-state index in [1.54, 1.807) is 25.1 Å². The first-order chi connectivity index (χ1) is 17.8. The molecular formula is C27H18BrClN4O4. The lowest BCUT2D eigenvalue weighted by molar-refractivity contribution is -0.385. The number of nitrogens with zero attached hydrogens (tertiary/aromatic N) is 4. The van der Waals surface area contributed by atoms with Gasteiger partial charge in [0.05, 0.1) is 27.1 Å². The number of nitro benzene ring substituents is 1. The summed E-state index contributed by atoms with van der Waals surface area (Å²) in [6.45, 7) is 1.75. The van der Waals surface area contributed by atoms with E-state index >= 15 is 0 Å². The Hall–Kier alpha value is -4.08. The number of ether oxygens (including phenoxy) is 1. The molecule has 0 radical (unpaired) electrons. The molecule has 1 aromatic heterocycles. The Bertz CT molecular complexity index is 1780. The highest BCUT2D eigenvalue weighted by atomic mass is 79.9. The summed E-state index contributed by atoms with van der Waals surface area (Å²) in [6, 6.07) is 21.6. The number of hydrogen-bond donors (Lipinski definition) is 0. The van der Waals surface area contributed by atoms with E-state index in [1.807, 2.05) is 42.5 Å². The highest BCUT2D eigenvalue weighted by Gasteiger charge is 2.21. The molecule has 8 nitrogen and oxygen atoms in total. The van der Waals surface area contributed by atoms with E-state index in [0.717, 1.165) is 25.5 Å². The van der Waals surface area contributed by atoms with Gasteiger partial charge >= 0.3 is 5.69 Å². The largest absolute Gasteiger partial charge is 0.481 e. The summed E-state index contributed by atoms with van der Waals surface area (Å²) in [4.78, 5) is 28.7. The third-order valence-corrected chi connectivity index (χ3v) is 6.56. The Morgan fingerprint density at radius 3 is 2.70 bits per heavy atom. The minimum absolute atomic E-state index is 0.0395. The van der Waals surface area contributed by atoms with Crippen molar-refractivity contribution in [2.45, 2.75) is 13.5 Å². The fourth-order valence-corrected chi connectivity index (χ4v) is 4.68. The van der Waals surface area contributed by atoms with Gasteiger partial charge in [-0.3, -0.25) is 14.9 Å². The fourth-order valence-electron chi connectivity index (χ4n) is 4.04. The molecule has 10 heteroatoms. The first-order valence-electron chi connectivity index (χ1n) is 11.1. The van der Waals surface area contributed by atoms with Crippen LogP contribution in [0.15, 0.2) is 87.2 Å². The number of rotatable bonds is 6. The zero-order chi connectivity index (χ0) is 26.1. The van der Waals surface area contributed by atoms with Crippen LogP contribution in [-0.2, 0) is 6.61 Å². The van der Waals surface area contributed by atoms with E-state index in [0.29, 0.717) is 22.3 Å². The van der Waals surface area contributed by atoms with Crippen molar-refractivity contribution < 1.29 is 9.66 Å². The Labute approximate surface area is 224 Å². The van der Waals surface area contributed by atoms with Gasteiger partial charge in [-0.25, -0.2) is 4.98 Å². The monoisotopic (exact) mass is 576 g/mol. The normalized spacial score (nSPS) is 11.4. The molecule has 0 bridgehead atoms. The standard InChI is InChI=1S/C27H18BrClN4O4/c1-16-31-24-10-9-20(28)13-22(24)27(34)32(16)30-14-17-11-23(29)26(25(12-17)33(35)36)37-15-19-7-4-6-18-5-2-3-8-21(18)19/h2-14H,15H2,1H3. The second kappa shape index (κ2) is 10.1. The summed E-state index contributed by atoms with van der Waals surface area (Å²) in [5, 5.41) is 18.6. The molecule has 37 heavy (non-hydrogen) atoms. The van der Waals surface area contributed by atoms with Crippen LogP contribution in [-0.4, -0.2) is 20.8 Å². The summed E-state index contributed by atoms with van der Waals surface area (Å²) < 4.78 is 7.73. The molecule has 0 fully saturated rings. The van der Waals surface area contributed by atoms with Gasteiger partial charge in [-0.05, 0) is 47.5 Å². The van der Waals surface area contributed by atoms with E-state index < -0.39 is 4.92 Å². The SMILES string of the molecule is Cc1nc2ccc(Br)cc2c(=O)n1N=Cc1cc(Cl)c(OCc2cccc3ccccc23)c([N+](=O)[O-])c1. The lowest BCUT2D eigenvalue weighted by Gasteiger charge is -2.11. The fraction of sp³-hybridized carbons (Fsp3) is 0.0741. The molecule has 4 aromatic carbocycles. The van der Waals surface area contributed by atoms with Gasteiger partial charge in [0.15, 0.2) is 0 Å². The molecule has 1 heterocycles. The molecule has 0 saturated carbocycles. The molecule has 0 N–H and O–H groups in total. The molecule has 0 unspecified atom stereocenters. The van der Waals surface area contributed by atoms with Crippen LogP contribution < -0.4 is 10.3 Å². The number of halogens is 2. The molecule has 0 saturated heterocycles. The van der Waals surface area contributed by atoms with E-state index in [-0.39, 0.29) is 28.6 Å². The Morgan fingerprint density at radius 1 is 1.11 bits per heavy atom. The third-order valence-electron chi connectivity index (χ3n) is 5.79. The van der Waals surface area contributed by atoms with Crippen LogP contribution in [0.2, 0.25) is 5.02 Å². The summed E-state index contributed by atoms with van der Waals surface area (Å²) in [7, 11) is 0. The van der Waals surface area contributed by atoms with Gasteiger partial charge < -0.3 is 4.74 Å². The predicted molar refractivity (Wildman–Crippen MR) is 148 cm³/mol. The summed E-state index contributed by atoms with van der Waals surface area (Å²) in [6.07, 6.45) is 1.33. The highest BCUT2D eigenvalue weighted by Crippen LogP contribution is 2.37. The summed E-state index contributed by atoms with van der Waals surface area (Å²) >= 11 is 9.78. The van der Waals surface area contributed by atoms with Crippen molar-refractivity contribution in [3.05, 3.63) is 120 Å². The molecule has 184 valence electrons. The van der Waals surface area contributed by atoms with Crippen molar-refractivity contribution in [2.75, 3.05) is 0 Å². The van der Waals surface area contributed by atoms with Crippen molar-refractivity contribution in [2.24, 2.45) is 5.10 Å². The van der Waals surface area contributed by atoms with Gasteiger partial charge in [0, 0.05) is 16.1 Å². The van der Waals surface area contributed by atoms with E-state index in [9.17, 15) is 14.9 Å². The molecule has 0 spiro atoms. The molecule has 0 atom stereocenters. The van der Waals surface area contributed by atoms with Crippen LogP contribution in [0.25, 0.3) is 21.7 Å². The number of benzene rings is 4.